The molecule has 102 valence electrons. The second-order valence-electron chi connectivity index (χ2n) is 3.37. The molecule has 0 heterocycles. The molecule has 0 fully saturated rings. The Labute approximate surface area is 105 Å². The number of hydrogen-bond acceptors (Lipinski definition) is 7. The van der Waals surface area contributed by atoms with Gasteiger partial charge in [0.15, 0.2) is 31.2 Å². The van der Waals surface area contributed by atoms with Crippen LogP contribution in [-0.2, 0) is 29.3 Å². The second kappa shape index (κ2) is 6.01. The third kappa shape index (κ3) is 5.32. The Morgan fingerprint density at radius 2 is 1.56 bits per heavy atom. The molecule has 0 saturated heterocycles. The van der Waals surface area contributed by atoms with Gasteiger partial charge in [-0.05, 0) is 0 Å². The summed E-state index contributed by atoms with van der Waals surface area (Å²) in [4.78, 5) is 22.6. The SMILES string of the molecule is C=CS(=O)(=O)CC(=O)C(=N)C(=O)CS(=O)(=O)CC. The predicted octanol–water partition coefficient (Wildman–Crippen LogP) is -0.863. The molecule has 0 unspecified atom stereocenters. The summed E-state index contributed by atoms with van der Waals surface area (Å²) in [6.07, 6.45) is 0. The molecule has 0 bridgehead atoms. The van der Waals surface area contributed by atoms with E-state index >= 15 is 0 Å². The van der Waals surface area contributed by atoms with Crippen LogP contribution in [0, 0.1) is 5.41 Å². The van der Waals surface area contributed by atoms with Crippen LogP contribution in [0.3, 0.4) is 0 Å². The van der Waals surface area contributed by atoms with E-state index < -0.39 is 48.5 Å². The molecule has 0 aromatic heterocycles. The van der Waals surface area contributed by atoms with Crippen molar-refractivity contribution in [3.8, 4) is 0 Å². The first-order valence-electron chi connectivity index (χ1n) is 4.75. The molecule has 0 aliphatic heterocycles. The number of nitrogens with one attached hydrogen (secondary N) is 1. The number of Topliss-reactive ketones (excluding diaryl/α,β-unsaturated/α-hetero) is 2. The molecule has 0 aliphatic carbocycles. The minimum atomic E-state index is -3.87. The lowest BCUT2D eigenvalue weighted by molar-refractivity contribution is -0.114. The van der Waals surface area contributed by atoms with Crippen LogP contribution in [0.1, 0.15) is 6.92 Å². The monoisotopic (exact) mass is 295 g/mol. The van der Waals surface area contributed by atoms with Crippen LogP contribution in [0.5, 0.6) is 0 Å². The van der Waals surface area contributed by atoms with Gasteiger partial charge in [0.1, 0.15) is 17.2 Å². The van der Waals surface area contributed by atoms with Crippen molar-refractivity contribution in [2.45, 2.75) is 6.92 Å². The molecule has 9 heteroatoms. The van der Waals surface area contributed by atoms with Crippen molar-refractivity contribution in [2.24, 2.45) is 0 Å². The van der Waals surface area contributed by atoms with E-state index in [1.807, 2.05) is 0 Å². The summed E-state index contributed by atoms with van der Waals surface area (Å²) in [5.41, 5.74) is -1.13. The number of carbonyl (C=O) groups excluding carboxylic acids is 2. The molecule has 0 rings (SSSR count). The smallest absolute Gasteiger partial charge is 0.199 e. The van der Waals surface area contributed by atoms with E-state index in [0.717, 1.165) is 0 Å². The zero-order valence-corrected chi connectivity index (χ0v) is 11.3. The Morgan fingerprint density at radius 1 is 1.11 bits per heavy atom. The maximum Gasteiger partial charge on any atom is 0.199 e. The van der Waals surface area contributed by atoms with Crippen LogP contribution < -0.4 is 0 Å². The Bertz CT molecular complexity index is 585. The van der Waals surface area contributed by atoms with Gasteiger partial charge in [-0.3, -0.25) is 15.0 Å². The van der Waals surface area contributed by atoms with Gasteiger partial charge < -0.3 is 0 Å². The van der Waals surface area contributed by atoms with Crippen molar-refractivity contribution in [3.05, 3.63) is 12.0 Å². The predicted molar refractivity (Wildman–Crippen MR) is 66.1 cm³/mol. The molecule has 18 heavy (non-hydrogen) atoms. The van der Waals surface area contributed by atoms with Gasteiger partial charge in [-0.2, -0.15) is 0 Å². The number of sulfone groups is 2. The number of rotatable bonds is 8. The van der Waals surface area contributed by atoms with Gasteiger partial charge in [-0.15, -0.1) is 0 Å². The van der Waals surface area contributed by atoms with Crippen molar-refractivity contribution in [3.63, 3.8) is 0 Å². The molecule has 1 N–H and O–H groups in total. The van der Waals surface area contributed by atoms with Gasteiger partial charge in [0.25, 0.3) is 0 Å². The highest BCUT2D eigenvalue weighted by atomic mass is 32.2. The molecular weight excluding hydrogens is 282 g/mol. The van der Waals surface area contributed by atoms with E-state index in [9.17, 15) is 26.4 Å². The molecule has 0 aromatic carbocycles. The topological polar surface area (TPSA) is 126 Å². The summed E-state index contributed by atoms with van der Waals surface area (Å²) < 4.78 is 44.3. The lowest BCUT2D eigenvalue weighted by atomic mass is 10.2. The fourth-order valence-corrected chi connectivity index (χ4v) is 2.22. The average Bonchev–Trinajstić information content (AvgIpc) is 2.26. The first-order chi connectivity index (χ1) is 8.04. The molecule has 0 amide bonds. The summed E-state index contributed by atoms with van der Waals surface area (Å²) >= 11 is 0. The lowest BCUT2D eigenvalue weighted by Gasteiger charge is -2.02. The average molecular weight is 295 g/mol. The van der Waals surface area contributed by atoms with Crippen molar-refractivity contribution in [2.75, 3.05) is 17.3 Å². The fourth-order valence-electron chi connectivity index (χ4n) is 0.843. The van der Waals surface area contributed by atoms with Gasteiger partial charge in [-0.1, -0.05) is 13.5 Å². The number of carbonyl (C=O) groups is 2. The standard InChI is InChI=1S/C9H13NO6S2/c1-3-17(13,14)5-7(11)9(10)8(12)6-18(15,16)4-2/h3,10H,1,4-6H2,2H3. The molecular formula is C9H13NO6S2. The minimum absolute atomic E-state index is 0.300. The Morgan fingerprint density at radius 3 is 1.94 bits per heavy atom. The lowest BCUT2D eigenvalue weighted by Crippen LogP contribution is -2.33. The third-order valence-corrected chi connectivity index (χ3v) is 4.69. The Hall–Kier alpha value is -1.35. The molecule has 0 aliphatic rings. The van der Waals surface area contributed by atoms with Crippen molar-refractivity contribution >= 4 is 37.0 Å². The van der Waals surface area contributed by atoms with E-state index in [1.165, 1.54) is 6.92 Å². The highest BCUT2D eigenvalue weighted by Gasteiger charge is 2.25. The summed E-state index contributed by atoms with van der Waals surface area (Å²) in [5.74, 6) is -4.78. The summed E-state index contributed by atoms with van der Waals surface area (Å²) in [5, 5.41) is 7.68. The zero-order chi connectivity index (χ0) is 14.6. The van der Waals surface area contributed by atoms with Crippen LogP contribution in [0.15, 0.2) is 12.0 Å². The molecule has 7 nitrogen and oxygen atoms in total. The molecule has 0 atom stereocenters. The maximum absolute atomic E-state index is 11.3. The highest BCUT2D eigenvalue weighted by Crippen LogP contribution is 1.97. The second-order valence-corrected chi connectivity index (χ2v) is 7.67. The van der Waals surface area contributed by atoms with Gasteiger partial charge >= 0.3 is 0 Å². The van der Waals surface area contributed by atoms with Crippen LogP contribution in [0.2, 0.25) is 0 Å². The molecule has 0 radical (unpaired) electrons. The number of hydrogen-bond donors (Lipinski definition) is 1. The zero-order valence-electron chi connectivity index (χ0n) is 9.67. The van der Waals surface area contributed by atoms with Crippen LogP contribution in [0.4, 0.5) is 0 Å². The van der Waals surface area contributed by atoms with E-state index in [-0.39, 0.29) is 5.75 Å². The molecule has 0 spiro atoms. The van der Waals surface area contributed by atoms with E-state index in [2.05, 4.69) is 6.58 Å². The van der Waals surface area contributed by atoms with E-state index in [0.29, 0.717) is 5.41 Å². The fraction of sp³-hybridized carbons (Fsp3) is 0.444. The van der Waals surface area contributed by atoms with E-state index in [1.54, 1.807) is 0 Å². The van der Waals surface area contributed by atoms with Gasteiger partial charge in [0, 0.05) is 11.2 Å². The first kappa shape index (κ1) is 16.6. The van der Waals surface area contributed by atoms with Crippen molar-refractivity contribution in [1.82, 2.24) is 0 Å². The van der Waals surface area contributed by atoms with Crippen molar-refractivity contribution in [1.29, 1.82) is 5.41 Å². The van der Waals surface area contributed by atoms with Crippen LogP contribution in [0.25, 0.3) is 0 Å². The van der Waals surface area contributed by atoms with Gasteiger partial charge in [0.05, 0.1) is 0 Å². The molecule has 0 saturated carbocycles. The summed E-state index contributed by atoms with van der Waals surface area (Å²) in [6, 6.07) is 0. The van der Waals surface area contributed by atoms with Gasteiger partial charge in [-0.25, -0.2) is 16.8 Å². The minimum Gasteiger partial charge on any atom is -0.294 e. The highest BCUT2D eigenvalue weighted by molar-refractivity contribution is 7.95. The summed E-state index contributed by atoms with van der Waals surface area (Å²) in [6.45, 7) is 4.29. The van der Waals surface area contributed by atoms with E-state index in [4.69, 9.17) is 5.41 Å². The Balaban J connectivity index is 4.83. The first-order valence-corrected chi connectivity index (χ1v) is 8.29. The Kier molecular flexibility index (Phi) is 5.55. The van der Waals surface area contributed by atoms with Crippen molar-refractivity contribution < 1.29 is 26.4 Å². The molecule has 0 aromatic rings. The number of ketones is 2. The quantitative estimate of drug-likeness (QED) is 0.458. The third-order valence-electron chi connectivity index (χ3n) is 1.93. The normalized spacial score (nSPS) is 11.8. The van der Waals surface area contributed by atoms with Crippen LogP contribution in [-0.4, -0.2) is 51.4 Å². The van der Waals surface area contributed by atoms with Crippen LogP contribution >= 0.6 is 0 Å². The summed E-state index contributed by atoms with van der Waals surface area (Å²) in [7, 11) is -7.53. The van der Waals surface area contributed by atoms with Gasteiger partial charge in [0.2, 0.25) is 0 Å². The maximum atomic E-state index is 11.3. The largest absolute Gasteiger partial charge is 0.294 e.